The molecule has 326 valence electrons. The average molecular weight is 869 g/mol. The summed E-state index contributed by atoms with van der Waals surface area (Å²) in [5, 5.41) is 15.1. The lowest BCUT2D eigenvalue weighted by molar-refractivity contribution is -0.164. The third-order valence-electron chi connectivity index (χ3n) is 15.2. The van der Waals surface area contributed by atoms with E-state index in [4.69, 9.17) is 16.3 Å². The molecule has 0 aromatic heterocycles. The van der Waals surface area contributed by atoms with Gasteiger partial charge in [-0.15, -0.1) is 0 Å². The fraction of sp³-hybridized carbons (Fsp3) is 0.480. The second-order valence-corrected chi connectivity index (χ2v) is 20.3. The standard InChI is InChI=1S/C50H53ClN6O6/c1-47(2)45(48(3,4)46(47)63-35-11-9-33(29-52)38(51)28-35)54-41(59)32-7-5-31(6-8-32)15-16-49-17-20-50(21-18-49,22-19-49)30-55-23-25-56(26-24-55)34-10-12-36-37(27-34)44(62)57(43(36)61)39-13-14-40(58)53-42(39)60/h5-12,27-28,39,45-46H,13-14,17-26,30H2,1-4H3,(H,54,59)(H,53,58,60)/t39?,45-,46-,49?,50?. The Kier molecular flexibility index (Phi) is 10.7. The van der Waals surface area contributed by atoms with Crippen molar-refractivity contribution in [3.8, 4) is 23.7 Å². The second kappa shape index (κ2) is 15.8. The summed E-state index contributed by atoms with van der Waals surface area (Å²) >= 11 is 6.26. The van der Waals surface area contributed by atoms with Crippen molar-refractivity contribution >= 4 is 46.8 Å². The molecule has 6 fully saturated rings. The summed E-state index contributed by atoms with van der Waals surface area (Å²) in [6, 6.07) is 19.0. The zero-order valence-corrected chi connectivity index (χ0v) is 37.1. The molecule has 2 N–H and O–H groups in total. The van der Waals surface area contributed by atoms with Gasteiger partial charge in [0.25, 0.3) is 17.7 Å². The van der Waals surface area contributed by atoms with Crippen LogP contribution in [0.15, 0.2) is 60.7 Å². The van der Waals surface area contributed by atoms with Crippen LogP contribution in [-0.4, -0.2) is 90.2 Å². The Hall–Kier alpha value is -5.69. The highest BCUT2D eigenvalue weighted by molar-refractivity contribution is 6.31. The first kappa shape index (κ1) is 42.6. The maximum atomic E-state index is 13.5. The molecule has 2 bridgehead atoms. The SMILES string of the molecule is CC1(C)[C@H](NC(=O)c2ccc(C#CC34CCC(CN5CCN(c6ccc7c(c6)C(=O)N(C6CCC(=O)NC6=O)C7=O)CC5)(CC3)CC4)cc2)C(C)(C)[C@H]1Oc1ccc(C#N)c(Cl)c1. The molecule has 10 rings (SSSR count). The lowest BCUT2D eigenvalue weighted by Gasteiger charge is -2.63. The zero-order chi connectivity index (χ0) is 44.5. The summed E-state index contributed by atoms with van der Waals surface area (Å²) < 4.78 is 6.39. The number of carbonyl (C=O) groups excluding carboxylic acids is 5. The highest BCUT2D eigenvalue weighted by Gasteiger charge is 2.64. The molecule has 13 heteroatoms. The van der Waals surface area contributed by atoms with Crippen LogP contribution in [0.3, 0.4) is 0 Å². The summed E-state index contributed by atoms with van der Waals surface area (Å²) in [6.45, 7) is 12.9. The number of amides is 5. The van der Waals surface area contributed by atoms with Crippen molar-refractivity contribution in [1.82, 2.24) is 20.4 Å². The third-order valence-corrected chi connectivity index (χ3v) is 15.5. The van der Waals surface area contributed by atoms with Crippen LogP contribution in [0.2, 0.25) is 5.02 Å². The van der Waals surface area contributed by atoms with Crippen LogP contribution in [0, 0.1) is 44.8 Å². The van der Waals surface area contributed by atoms with Gasteiger partial charge in [0.15, 0.2) is 0 Å². The molecule has 1 atom stereocenters. The minimum atomic E-state index is -0.974. The predicted octanol–water partition coefficient (Wildman–Crippen LogP) is 6.74. The molecular formula is C50H53ClN6O6. The molecule has 3 aromatic rings. The fourth-order valence-electron chi connectivity index (χ4n) is 11.7. The highest BCUT2D eigenvalue weighted by atomic mass is 35.5. The second-order valence-electron chi connectivity index (χ2n) is 19.8. The van der Waals surface area contributed by atoms with Gasteiger partial charge in [-0.05, 0) is 105 Å². The van der Waals surface area contributed by atoms with E-state index in [0.29, 0.717) is 38.4 Å². The molecule has 5 amide bonds. The maximum Gasteiger partial charge on any atom is 0.262 e. The van der Waals surface area contributed by atoms with Crippen LogP contribution in [0.1, 0.15) is 121 Å². The zero-order valence-electron chi connectivity index (χ0n) is 36.3. The molecule has 7 aliphatic rings. The first-order valence-electron chi connectivity index (χ1n) is 22.1. The van der Waals surface area contributed by atoms with E-state index in [-0.39, 0.29) is 47.1 Å². The largest absolute Gasteiger partial charge is 0.489 e. The number of ether oxygens (including phenoxy) is 1. The number of halogens is 1. The van der Waals surface area contributed by atoms with Gasteiger partial charge in [-0.2, -0.15) is 5.26 Å². The van der Waals surface area contributed by atoms with E-state index in [1.165, 1.54) is 0 Å². The van der Waals surface area contributed by atoms with Gasteiger partial charge in [-0.1, -0.05) is 51.1 Å². The topological polar surface area (TPSA) is 152 Å². The van der Waals surface area contributed by atoms with Crippen molar-refractivity contribution in [1.29, 1.82) is 5.26 Å². The molecule has 3 aliphatic heterocycles. The fourth-order valence-corrected chi connectivity index (χ4v) is 11.9. The number of imide groups is 2. The van der Waals surface area contributed by atoms with Gasteiger partial charge < -0.3 is 15.0 Å². The Morgan fingerprint density at radius 3 is 2.16 bits per heavy atom. The first-order chi connectivity index (χ1) is 30.0. The Bertz CT molecular complexity index is 2480. The summed E-state index contributed by atoms with van der Waals surface area (Å²) in [6.07, 6.45) is 6.79. The minimum absolute atomic E-state index is 0.0275. The lowest BCUT2D eigenvalue weighted by atomic mass is 9.49. The summed E-state index contributed by atoms with van der Waals surface area (Å²) in [7, 11) is 0. The van der Waals surface area contributed by atoms with Gasteiger partial charge in [0, 0.05) is 84.3 Å². The van der Waals surface area contributed by atoms with E-state index in [0.717, 1.165) is 87.4 Å². The number of piperazine rings is 1. The molecule has 4 saturated carbocycles. The van der Waals surface area contributed by atoms with Crippen LogP contribution in [0.25, 0.3) is 0 Å². The van der Waals surface area contributed by atoms with Gasteiger partial charge in [0.2, 0.25) is 11.8 Å². The molecule has 1 unspecified atom stereocenters. The van der Waals surface area contributed by atoms with Crippen molar-refractivity contribution in [3.05, 3.63) is 93.5 Å². The molecule has 63 heavy (non-hydrogen) atoms. The smallest absolute Gasteiger partial charge is 0.262 e. The molecule has 12 nitrogen and oxygen atoms in total. The van der Waals surface area contributed by atoms with Crippen LogP contribution < -0.4 is 20.3 Å². The van der Waals surface area contributed by atoms with Crippen LogP contribution in [0.4, 0.5) is 5.69 Å². The van der Waals surface area contributed by atoms with Gasteiger partial charge in [0.1, 0.15) is 24.0 Å². The van der Waals surface area contributed by atoms with Crippen molar-refractivity contribution in [2.24, 2.45) is 21.7 Å². The minimum Gasteiger partial charge on any atom is -0.489 e. The Labute approximate surface area is 373 Å². The normalized spacial score (nSPS) is 28.3. The number of benzene rings is 3. The van der Waals surface area contributed by atoms with E-state index in [1.54, 1.807) is 30.3 Å². The van der Waals surface area contributed by atoms with E-state index in [2.05, 4.69) is 66.0 Å². The lowest BCUT2D eigenvalue weighted by Crippen LogP contribution is -2.74. The van der Waals surface area contributed by atoms with Crippen molar-refractivity contribution in [3.63, 3.8) is 0 Å². The van der Waals surface area contributed by atoms with Crippen LogP contribution >= 0.6 is 11.6 Å². The highest BCUT2D eigenvalue weighted by Crippen LogP contribution is 2.57. The number of hydrogen-bond donors (Lipinski definition) is 2. The van der Waals surface area contributed by atoms with Crippen molar-refractivity contribution < 1.29 is 28.7 Å². The summed E-state index contributed by atoms with van der Waals surface area (Å²) in [4.78, 5) is 70.1. The van der Waals surface area contributed by atoms with Gasteiger partial charge in [0.05, 0.1) is 21.7 Å². The quantitative estimate of drug-likeness (QED) is 0.185. The van der Waals surface area contributed by atoms with Gasteiger partial charge in [-0.25, -0.2) is 0 Å². The van der Waals surface area contributed by atoms with E-state index >= 15 is 0 Å². The van der Waals surface area contributed by atoms with E-state index in [9.17, 15) is 29.2 Å². The monoisotopic (exact) mass is 868 g/mol. The van der Waals surface area contributed by atoms with Gasteiger partial charge in [-0.3, -0.25) is 39.1 Å². The van der Waals surface area contributed by atoms with Gasteiger partial charge >= 0.3 is 0 Å². The number of piperidine rings is 1. The molecule has 3 heterocycles. The predicted molar refractivity (Wildman–Crippen MR) is 237 cm³/mol. The van der Waals surface area contributed by atoms with Crippen LogP contribution in [-0.2, 0) is 9.59 Å². The van der Waals surface area contributed by atoms with Crippen molar-refractivity contribution in [2.45, 2.75) is 97.2 Å². The number of rotatable bonds is 8. The Morgan fingerprint density at radius 1 is 0.857 bits per heavy atom. The third kappa shape index (κ3) is 7.65. The number of nitrogens with zero attached hydrogens (tertiary/aromatic N) is 4. The molecule has 0 radical (unpaired) electrons. The van der Waals surface area contributed by atoms with E-state index in [1.807, 2.05) is 30.3 Å². The number of nitrogens with one attached hydrogen (secondary N) is 2. The number of carbonyl (C=O) groups is 5. The molecular weight excluding hydrogens is 816 g/mol. The maximum absolute atomic E-state index is 13.5. The Morgan fingerprint density at radius 2 is 1.52 bits per heavy atom. The number of hydrogen-bond acceptors (Lipinski definition) is 9. The number of anilines is 1. The van der Waals surface area contributed by atoms with E-state index < -0.39 is 29.7 Å². The average Bonchev–Trinajstić information content (AvgIpc) is 3.52. The first-order valence-corrected chi connectivity index (χ1v) is 22.5. The molecule has 0 spiro atoms. The van der Waals surface area contributed by atoms with Crippen molar-refractivity contribution in [2.75, 3.05) is 37.6 Å². The van der Waals surface area contributed by atoms with Crippen LogP contribution in [0.5, 0.6) is 5.75 Å². The summed E-state index contributed by atoms with van der Waals surface area (Å²) in [5.41, 5.74) is 3.01. The summed E-state index contributed by atoms with van der Waals surface area (Å²) in [5.74, 6) is 5.67. The molecule has 3 aromatic carbocycles. The Balaban J connectivity index is 0.751. The molecule has 4 aliphatic carbocycles. The number of nitriles is 1. The number of fused-ring (bicyclic) bond motifs is 4. The molecule has 2 saturated heterocycles.